The summed E-state index contributed by atoms with van der Waals surface area (Å²) in [5.41, 5.74) is 0.672. The first kappa shape index (κ1) is 12.9. The zero-order valence-corrected chi connectivity index (χ0v) is 12.1. The molecule has 4 nitrogen and oxygen atoms in total. The van der Waals surface area contributed by atoms with E-state index in [-0.39, 0.29) is 5.91 Å². The van der Waals surface area contributed by atoms with Crippen LogP contribution in [0.2, 0.25) is 0 Å². The highest BCUT2D eigenvalue weighted by Crippen LogP contribution is 2.25. The fraction of sp³-hybridized carbons (Fsp3) is 0.200. The van der Waals surface area contributed by atoms with Crippen molar-refractivity contribution in [2.75, 3.05) is 0 Å². The lowest BCUT2D eigenvalue weighted by molar-refractivity contribution is 0.0916. The predicted molar refractivity (Wildman–Crippen MR) is 80.9 cm³/mol. The number of H-pyrrole nitrogens is 1. The molecule has 2 N–H and O–H groups in total. The first-order valence-corrected chi connectivity index (χ1v) is 7.19. The maximum Gasteiger partial charge on any atom is 0.262 e. The minimum atomic E-state index is -0.408. The number of nitrogens with zero attached hydrogens (tertiary/aromatic N) is 1. The third-order valence-electron chi connectivity index (χ3n) is 3.28. The number of aromatic nitrogens is 2. The summed E-state index contributed by atoms with van der Waals surface area (Å²) in [6, 6.07) is 11.8. The van der Waals surface area contributed by atoms with Gasteiger partial charge in [0.25, 0.3) is 5.91 Å². The smallest absolute Gasteiger partial charge is 0.262 e. The number of thiophene rings is 1. The van der Waals surface area contributed by atoms with Crippen LogP contribution in [0.15, 0.2) is 42.6 Å². The van der Waals surface area contributed by atoms with Crippen molar-refractivity contribution in [3.63, 3.8) is 0 Å². The van der Waals surface area contributed by atoms with Gasteiger partial charge < -0.3 is 5.32 Å². The van der Waals surface area contributed by atoms with Gasteiger partial charge in [0.05, 0.1) is 16.6 Å². The van der Waals surface area contributed by atoms with Crippen molar-refractivity contribution in [1.82, 2.24) is 15.5 Å². The molecule has 1 aromatic carbocycles. The summed E-state index contributed by atoms with van der Waals surface area (Å²) in [6.45, 7) is 4.00. The maximum absolute atomic E-state index is 12.4. The lowest BCUT2D eigenvalue weighted by atomic mass is 9.94. The largest absolute Gasteiger partial charge is 0.342 e. The first-order valence-electron chi connectivity index (χ1n) is 6.37. The highest BCUT2D eigenvalue weighted by molar-refractivity contribution is 7.20. The second-order valence-electron chi connectivity index (χ2n) is 5.21. The van der Waals surface area contributed by atoms with E-state index in [1.54, 1.807) is 6.20 Å². The van der Waals surface area contributed by atoms with Gasteiger partial charge in [-0.25, -0.2) is 0 Å². The molecule has 0 bridgehead atoms. The normalized spacial score (nSPS) is 11.7. The topological polar surface area (TPSA) is 57.8 Å². The Morgan fingerprint density at radius 3 is 2.75 bits per heavy atom. The minimum absolute atomic E-state index is 0.0616. The molecule has 1 amide bonds. The van der Waals surface area contributed by atoms with E-state index in [9.17, 15) is 4.79 Å². The number of carbonyl (C=O) groups is 1. The van der Waals surface area contributed by atoms with E-state index >= 15 is 0 Å². The Morgan fingerprint density at radius 1 is 1.30 bits per heavy atom. The molecule has 0 fully saturated rings. The van der Waals surface area contributed by atoms with Gasteiger partial charge >= 0.3 is 0 Å². The second kappa shape index (κ2) is 4.76. The van der Waals surface area contributed by atoms with E-state index < -0.39 is 5.54 Å². The zero-order chi connectivity index (χ0) is 14.2. The van der Waals surface area contributed by atoms with Crippen LogP contribution >= 0.6 is 11.3 Å². The van der Waals surface area contributed by atoms with Crippen LogP contribution in [0, 0.1) is 0 Å². The molecule has 0 spiro atoms. The van der Waals surface area contributed by atoms with E-state index in [1.165, 1.54) is 11.3 Å². The number of hydrogen-bond acceptors (Lipinski definition) is 3. The fourth-order valence-corrected chi connectivity index (χ4v) is 3.01. The van der Waals surface area contributed by atoms with Crippen LogP contribution in [0.4, 0.5) is 0 Å². The van der Waals surface area contributed by atoms with Crippen LogP contribution in [0.1, 0.15) is 29.1 Å². The summed E-state index contributed by atoms with van der Waals surface area (Å²) in [7, 11) is 0. The summed E-state index contributed by atoms with van der Waals surface area (Å²) < 4.78 is 0. The van der Waals surface area contributed by atoms with Crippen molar-refractivity contribution in [1.29, 1.82) is 0 Å². The summed E-state index contributed by atoms with van der Waals surface area (Å²) >= 11 is 1.42. The quantitative estimate of drug-likeness (QED) is 0.776. The number of aromatic amines is 1. The molecule has 3 aromatic rings. The molecule has 0 aliphatic rings. The highest BCUT2D eigenvalue weighted by Gasteiger charge is 2.24. The number of nitrogens with one attached hydrogen (secondary N) is 2. The number of fused-ring (bicyclic) bond motifs is 1. The molecular weight excluding hydrogens is 270 g/mol. The van der Waals surface area contributed by atoms with Crippen molar-refractivity contribution >= 4 is 27.5 Å². The van der Waals surface area contributed by atoms with E-state index in [0.717, 1.165) is 15.8 Å². The van der Waals surface area contributed by atoms with Crippen LogP contribution in [0.3, 0.4) is 0 Å². The molecule has 0 saturated carbocycles. The van der Waals surface area contributed by atoms with Crippen LogP contribution in [-0.2, 0) is 5.54 Å². The van der Waals surface area contributed by atoms with Crippen molar-refractivity contribution in [2.45, 2.75) is 19.4 Å². The van der Waals surface area contributed by atoms with Crippen LogP contribution in [0.5, 0.6) is 0 Å². The van der Waals surface area contributed by atoms with Crippen molar-refractivity contribution in [2.24, 2.45) is 0 Å². The molecule has 2 aromatic heterocycles. The fourth-order valence-electron chi connectivity index (χ4n) is 2.13. The average Bonchev–Trinajstić information content (AvgIpc) is 3.00. The van der Waals surface area contributed by atoms with E-state index in [1.807, 2.05) is 50.2 Å². The van der Waals surface area contributed by atoms with Crippen LogP contribution in [-0.4, -0.2) is 16.1 Å². The average molecular weight is 285 g/mol. The monoisotopic (exact) mass is 285 g/mol. The molecule has 0 aliphatic heterocycles. The number of amides is 1. The summed E-state index contributed by atoms with van der Waals surface area (Å²) in [4.78, 5) is 14.0. The van der Waals surface area contributed by atoms with Gasteiger partial charge in [0.15, 0.2) is 0 Å². The molecule has 102 valence electrons. The van der Waals surface area contributed by atoms with E-state index in [4.69, 9.17) is 0 Å². The SMILES string of the molecule is CC(C)(NC(=O)c1cc2cn[nH]c2s1)c1ccccc1. The lowest BCUT2D eigenvalue weighted by Gasteiger charge is -2.26. The van der Waals surface area contributed by atoms with Gasteiger partial charge in [-0.1, -0.05) is 30.3 Å². The Hall–Kier alpha value is -2.14. The zero-order valence-electron chi connectivity index (χ0n) is 11.3. The van der Waals surface area contributed by atoms with Gasteiger partial charge in [-0.05, 0) is 25.5 Å². The molecule has 20 heavy (non-hydrogen) atoms. The number of carbonyl (C=O) groups excluding carboxylic acids is 1. The standard InChI is InChI=1S/C15H15N3OS/c1-15(2,11-6-4-3-5-7-11)17-13(19)12-8-10-9-16-18-14(10)20-12/h3-9H,1-2H3,(H,16,18)(H,17,19). The Kier molecular flexibility index (Phi) is 3.06. The van der Waals surface area contributed by atoms with E-state index in [0.29, 0.717) is 4.88 Å². The second-order valence-corrected chi connectivity index (χ2v) is 6.26. The molecule has 3 rings (SSSR count). The Balaban J connectivity index is 1.83. The van der Waals surface area contributed by atoms with Crippen LogP contribution in [0.25, 0.3) is 10.2 Å². The first-order chi connectivity index (χ1) is 9.56. The van der Waals surface area contributed by atoms with Gasteiger partial charge in [-0.3, -0.25) is 9.89 Å². The maximum atomic E-state index is 12.4. The van der Waals surface area contributed by atoms with Crippen LogP contribution < -0.4 is 5.32 Å². The summed E-state index contributed by atoms with van der Waals surface area (Å²) in [6.07, 6.45) is 1.73. The molecule has 0 atom stereocenters. The van der Waals surface area contributed by atoms with Gasteiger partial charge in [-0.15, -0.1) is 11.3 Å². The minimum Gasteiger partial charge on any atom is -0.342 e. The van der Waals surface area contributed by atoms with Crippen molar-refractivity contribution in [3.8, 4) is 0 Å². The summed E-state index contributed by atoms with van der Waals surface area (Å²) in [5, 5.41) is 10.9. The molecule has 2 heterocycles. The Morgan fingerprint density at radius 2 is 2.05 bits per heavy atom. The van der Waals surface area contributed by atoms with Gasteiger partial charge in [0.1, 0.15) is 4.83 Å². The predicted octanol–water partition coefficient (Wildman–Crippen LogP) is 3.29. The molecule has 0 unspecified atom stereocenters. The summed E-state index contributed by atoms with van der Waals surface area (Å²) in [5.74, 6) is -0.0616. The molecular formula is C15H15N3OS. The molecule has 0 radical (unpaired) electrons. The Bertz CT molecular complexity index is 714. The Labute approximate surface area is 120 Å². The van der Waals surface area contributed by atoms with Crippen molar-refractivity contribution in [3.05, 3.63) is 53.0 Å². The highest BCUT2D eigenvalue weighted by atomic mass is 32.1. The van der Waals surface area contributed by atoms with E-state index in [2.05, 4.69) is 15.5 Å². The number of rotatable bonds is 3. The number of hydrogen-bond donors (Lipinski definition) is 2. The molecule has 0 saturated heterocycles. The third kappa shape index (κ3) is 2.32. The van der Waals surface area contributed by atoms with Gasteiger partial charge in [0, 0.05) is 5.39 Å². The van der Waals surface area contributed by atoms with Crippen molar-refractivity contribution < 1.29 is 4.79 Å². The lowest BCUT2D eigenvalue weighted by Crippen LogP contribution is -2.40. The third-order valence-corrected chi connectivity index (χ3v) is 4.33. The number of benzene rings is 1. The van der Waals surface area contributed by atoms with Gasteiger partial charge in [-0.2, -0.15) is 5.10 Å². The molecule has 0 aliphatic carbocycles. The molecule has 5 heteroatoms. The van der Waals surface area contributed by atoms with Gasteiger partial charge in [0.2, 0.25) is 0 Å².